The highest BCUT2D eigenvalue weighted by Gasteiger charge is 2.58. The minimum Gasteiger partial charge on any atom is -0.198 e. The number of rotatable bonds is 3. The van der Waals surface area contributed by atoms with Crippen LogP contribution in [0, 0.1) is 11.3 Å². The van der Waals surface area contributed by atoms with Crippen molar-refractivity contribution in [2.45, 2.75) is 24.9 Å². The fourth-order valence-electron chi connectivity index (χ4n) is 1.24. The van der Waals surface area contributed by atoms with Crippen LogP contribution in [0.2, 0.25) is 0 Å². The first-order valence-corrected chi connectivity index (χ1v) is 4.70. The van der Waals surface area contributed by atoms with Crippen molar-refractivity contribution in [1.82, 2.24) is 0 Å². The van der Waals surface area contributed by atoms with Crippen molar-refractivity contribution in [3.63, 3.8) is 0 Å². The lowest BCUT2D eigenvalue weighted by atomic mass is 10.0. The van der Waals surface area contributed by atoms with Gasteiger partial charge in [-0.05, 0) is 12.0 Å². The Morgan fingerprint density at radius 2 is 1.53 bits per heavy atom. The summed E-state index contributed by atoms with van der Waals surface area (Å²) in [4.78, 5) is 0. The van der Waals surface area contributed by atoms with Crippen molar-refractivity contribution in [1.29, 1.82) is 5.26 Å². The van der Waals surface area contributed by atoms with Crippen molar-refractivity contribution in [2.24, 2.45) is 0 Å². The Hall–Kier alpha value is -1.64. The molecule has 17 heavy (non-hydrogen) atoms. The number of hydrogen-bond donors (Lipinski definition) is 0. The van der Waals surface area contributed by atoms with Crippen molar-refractivity contribution in [3.05, 3.63) is 35.4 Å². The van der Waals surface area contributed by atoms with Gasteiger partial charge in [-0.1, -0.05) is 24.3 Å². The van der Waals surface area contributed by atoms with Crippen molar-refractivity contribution in [2.75, 3.05) is 0 Å². The van der Waals surface area contributed by atoms with Gasteiger partial charge in [0.1, 0.15) is 0 Å². The summed E-state index contributed by atoms with van der Waals surface area (Å²) >= 11 is 0. The summed E-state index contributed by atoms with van der Waals surface area (Å²) in [6.07, 6.45) is -5.08. The number of alkyl halides is 5. The molecule has 0 saturated heterocycles. The molecule has 0 aliphatic carbocycles. The molecule has 0 saturated carbocycles. The average molecular weight is 249 g/mol. The van der Waals surface area contributed by atoms with Crippen LogP contribution in [-0.4, -0.2) is 6.18 Å². The zero-order chi connectivity index (χ0) is 13.1. The molecular formula is C11H8F5N. The molecule has 0 aliphatic rings. The second kappa shape index (κ2) is 4.70. The summed E-state index contributed by atoms with van der Waals surface area (Å²) < 4.78 is 61.8. The van der Waals surface area contributed by atoms with E-state index in [0.29, 0.717) is 12.0 Å². The van der Waals surface area contributed by atoms with Gasteiger partial charge in [0.2, 0.25) is 0 Å². The van der Waals surface area contributed by atoms with Crippen LogP contribution in [0.15, 0.2) is 24.3 Å². The Morgan fingerprint density at radius 1 is 1.00 bits per heavy atom. The molecule has 0 bridgehead atoms. The molecule has 0 aromatic heterocycles. The summed E-state index contributed by atoms with van der Waals surface area (Å²) in [5.41, 5.74) is -0.543. The molecule has 0 N–H and O–H groups in total. The average Bonchev–Trinajstić information content (AvgIpc) is 2.25. The van der Waals surface area contributed by atoms with Crippen LogP contribution in [0.25, 0.3) is 0 Å². The van der Waals surface area contributed by atoms with E-state index >= 15 is 0 Å². The number of hydrogen-bond acceptors (Lipinski definition) is 1. The molecule has 0 fully saturated rings. The van der Waals surface area contributed by atoms with E-state index in [9.17, 15) is 22.0 Å². The van der Waals surface area contributed by atoms with Crippen LogP contribution in [0.5, 0.6) is 0 Å². The molecular weight excluding hydrogens is 241 g/mol. The highest BCUT2D eigenvalue weighted by Crippen LogP contribution is 2.43. The third kappa shape index (κ3) is 2.93. The van der Waals surface area contributed by atoms with Gasteiger partial charge < -0.3 is 0 Å². The lowest BCUT2D eigenvalue weighted by Crippen LogP contribution is -2.33. The lowest BCUT2D eigenvalue weighted by molar-refractivity contribution is -0.289. The number of halogens is 5. The second-order valence-electron chi connectivity index (χ2n) is 3.43. The standard InChI is InChI=1S/C11H8F5N/c12-10(13,11(14,15)16)9-5-3-8(4-6-9)2-1-7-17/h3-6H,1-2H2. The zero-order valence-electron chi connectivity index (χ0n) is 8.56. The third-order valence-electron chi connectivity index (χ3n) is 2.20. The van der Waals surface area contributed by atoms with Gasteiger partial charge in [-0.3, -0.25) is 0 Å². The summed E-state index contributed by atoms with van der Waals surface area (Å²) in [6.45, 7) is 0. The van der Waals surface area contributed by atoms with Crippen molar-refractivity contribution < 1.29 is 22.0 Å². The van der Waals surface area contributed by atoms with Gasteiger partial charge in [0.05, 0.1) is 6.07 Å². The first-order valence-electron chi connectivity index (χ1n) is 4.70. The molecule has 1 nitrogen and oxygen atoms in total. The summed E-state index contributed by atoms with van der Waals surface area (Å²) in [6, 6.07) is 5.68. The SMILES string of the molecule is N#CCCc1ccc(C(F)(F)C(F)(F)F)cc1. The van der Waals surface area contributed by atoms with Crippen LogP contribution in [0.4, 0.5) is 22.0 Å². The van der Waals surface area contributed by atoms with E-state index in [1.165, 1.54) is 12.1 Å². The molecule has 92 valence electrons. The largest absolute Gasteiger partial charge is 0.458 e. The zero-order valence-corrected chi connectivity index (χ0v) is 8.56. The van der Waals surface area contributed by atoms with E-state index < -0.39 is 17.7 Å². The number of nitriles is 1. The minimum atomic E-state index is -5.60. The molecule has 0 radical (unpaired) electrons. The fourth-order valence-corrected chi connectivity index (χ4v) is 1.24. The predicted octanol–water partition coefficient (Wildman–Crippen LogP) is 3.80. The molecule has 0 heterocycles. The van der Waals surface area contributed by atoms with Gasteiger partial charge in [-0.2, -0.15) is 27.2 Å². The maximum absolute atomic E-state index is 12.9. The topological polar surface area (TPSA) is 23.8 Å². The maximum Gasteiger partial charge on any atom is 0.458 e. The minimum absolute atomic E-state index is 0.189. The van der Waals surface area contributed by atoms with Crippen LogP contribution in [0.1, 0.15) is 17.5 Å². The Balaban J connectivity index is 2.92. The molecule has 0 unspecified atom stereocenters. The molecule has 1 aromatic carbocycles. The number of aryl methyl sites for hydroxylation is 1. The van der Waals surface area contributed by atoms with Crippen LogP contribution >= 0.6 is 0 Å². The van der Waals surface area contributed by atoms with Crippen LogP contribution in [0.3, 0.4) is 0 Å². The number of nitrogens with zero attached hydrogens (tertiary/aromatic N) is 1. The monoisotopic (exact) mass is 249 g/mol. The second-order valence-corrected chi connectivity index (χ2v) is 3.43. The normalized spacial score (nSPS) is 12.2. The van der Waals surface area contributed by atoms with E-state index in [2.05, 4.69) is 0 Å². The fraction of sp³-hybridized carbons (Fsp3) is 0.364. The first-order chi connectivity index (χ1) is 7.79. The van der Waals surface area contributed by atoms with E-state index in [1.807, 2.05) is 6.07 Å². The molecule has 0 spiro atoms. The number of benzene rings is 1. The third-order valence-corrected chi connectivity index (χ3v) is 2.20. The van der Waals surface area contributed by atoms with Crippen LogP contribution in [-0.2, 0) is 12.3 Å². The van der Waals surface area contributed by atoms with Gasteiger partial charge in [-0.15, -0.1) is 0 Å². The van der Waals surface area contributed by atoms with Crippen molar-refractivity contribution >= 4 is 0 Å². The molecule has 1 aromatic rings. The Morgan fingerprint density at radius 3 is 1.94 bits per heavy atom. The van der Waals surface area contributed by atoms with Gasteiger partial charge in [0.25, 0.3) is 0 Å². The van der Waals surface area contributed by atoms with Crippen LogP contribution < -0.4 is 0 Å². The molecule has 6 heteroatoms. The van der Waals surface area contributed by atoms with Crippen molar-refractivity contribution in [3.8, 4) is 6.07 Å². The first kappa shape index (κ1) is 13.4. The highest BCUT2D eigenvalue weighted by atomic mass is 19.4. The summed E-state index contributed by atoms with van der Waals surface area (Å²) in [5, 5.41) is 8.30. The molecule has 1 rings (SSSR count). The smallest absolute Gasteiger partial charge is 0.198 e. The molecule has 0 aliphatic heterocycles. The van der Waals surface area contributed by atoms with E-state index in [-0.39, 0.29) is 6.42 Å². The Bertz CT molecular complexity index is 413. The maximum atomic E-state index is 12.9. The molecule has 0 atom stereocenters. The van der Waals surface area contributed by atoms with Gasteiger partial charge in [0, 0.05) is 12.0 Å². The molecule has 0 amide bonds. The summed E-state index contributed by atoms with van der Waals surface area (Å²) in [5.74, 6) is -4.85. The lowest BCUT2D eigenvalue weighted by Gasteiger charge is -2.19. The summed E-state index contributed by atoms with van der Waals surface area (Å²) in [7, 11) is 0. The van der Waals surface area contributed by atoms with Gasteiger partial charge >= 0.3 is 12.1 Å². The van der Waals surface area contributed by atoms with E-state index in [0.717, 1.165) is 12.1 Å². The van der Waals surface area contributed by atoms with E-state index in [1.54, 1.807) is 0 Å². The Labute approximate surface area is 94.5 Å². The predicted molar refractivity (Wildman–Crippen MR) is 50.3 cm³/mol. The van der Waals surface area contributed by atoms with Gasteiger partial charge in [0.15, 0.2) is 0 Å². The quantitative estimate of drug-likeness (QED) is 0.747. The highest BCUT2D eigenvalue weighted by molar-refractivity contribution is 5.27. The van der Waals surface area contributed by atoms with E-state index in [4.69, 9.17) is 5.26 Å². The van der Waals surface area contributed by atoms with Gasteiger partial charge in [-0.25, -0.2) is 0 Å². The Kier molecular flexibility index (Phi) is 3.71.